The third-order valence-electron chi connectivity index (χ3n) is 3.05. The Balaban J connectivity index is 0.000000292. The molecule has 0 aliphatic carbocycles. The molecule has 0 spiro atoms. The molecule has 0 saturated carbocycles. The Kier molecular flexibility index (Phi) is 5.85. The lowest BCUT2D eigenvalue weighted by Gasteiger charge is -2.06. The Morgan fingerprint density at radius 1 is 1.04 bits per heavy atom. The van der Waals surface area contributed by atoms with E-state index in [1.807, 2.05) is 36.4 Å². The number of anilines is 1. The van der Waals surface area contributed by atoms with Crippen molar-refractivity contribution in [2.45, 2.75) is 6.92 Å². The quantitative estimate of drug-likeness (QED) is 0.767. The van der Waals surface area contributed by atoms with Crippen LogP contribution in [-0.2, 0) is 0 Å². The number of hydrogen-bond acceptors (Lipinski definition) is 4. The van der Waals surface area contributed by atoms with Crippen molar-refractivity contribution in [2.75, 3.05) is 5.32 Å². The van der Waals surface area contributed by atoms with Gasteiger partial charge in [-0.05, 0) is 24.6 Å². The number of aryl methyl sites for hydroxylation is 1. The van der Waals surface area contributed by atoms with Gasteiger partial charge in [0.05, 0.1) is 11.8 Å². The van der Waals surface area contributed by atoms with Crippen molar-refractivity contribution in [3.63, 3.8) is 0 Å². The Morgan fingerprint density at radius 2 is 1.67 bits per heavy atom. The van der Waals surface area contributed by atoms with Crippen LogP contribution in [0.3, 0.4) is 0 Å². The lowest BCUT2D eigenvalue weighted by atomic mass is 10.1. The Hall–Kier alpha value is -3.41. The number of nitrogens with zero attached hydrogens (tertiary/aromatic N) is 1. The van der Waals surface area contributed by atoms with E-state index in [1.54, 1.807) is 19.1 Å². The van der Waals surface area contributed by atoms with Crippen LogP contribution < -0.4 is 5.32 Å². The van der Waals surface area contributed by atoms with Crippen LogP contribution in [0.1, 0.15) is 26.5 Å². The van der Waals surface area contributed by atoms with Crippen LogP contribution in [0.25, 0.3) is 0 Å². The minimum absolute atomic E-state index is 0.0625. The highest BCUT2D eigenvalue weighted by Crippen LogP contribution is 2.16. The molecule has 1 amide bonds. The molecule has 0 aliphatic heterocycles. The molecule has 0 radical (unpaired) electrons. The lowest BCUT2D eigenvalue weighted by Crippen LogP contribution is -2.12. The fourth-order valence-electron chi connectivity index (χ4n) is 1.84. The van der Waals surface area contributed by atoms with Crippen molar-refractivity contribution in [1.29, 1.82) is 0 Å². The van der Waals surface area contributed by atoms with Gasteiger partial charge in [-0.15, -0.1) is 0 Å². The van der Waals surface area contributed by atoms with Gasteiger partial charge in [0.25, 0.3) is 5.91 Å². The SMILES string of the molecule is Cc1ccc(NC(=O)c2ccno2)cc1C(=O)O.c1ccccc1. The molecule has 3 rings (SSSR count). The fraction of sp³-hybridized carbons (Fsp3) is 0.0556. The van der Waals surface area contributed by atoms with Crippen LogP contribution in [0, 0.1) is 6.92 Å². The summed E-state index contributed by atoms with van der Waals surface area (Å²) in [5, 5.41) is 14.9. The molecule has 1 heterocycles. The zero-order chi connectivity index (χ0) is 17.4. The van der Waals surface area contributed by atoms with Crippen LogP contribution in [0.4, 0.5) is 5.69 Å². The number of nitrogens with one attached hydrogen (secondary N) is 1. The van der Waals surface area contributed by atoms with Gasteiger partial charge < -0.3 is 14.9 Å². The van der Waals surface area contributed by atoms with Crippen LogP contribution in [0.5, 0.6) is 0 Å². The van der Waals surface area contributed by atoms with Gasteiger partial charge in [0.2, 0.25) is 5.76 Å². The van der Waals surface area contributed by atoms with E-state index in [1.165, 1.54) is 18.3 Å². The zero-order valence-corrected chi connectivity index (χ0v) is 13.0. The molecule has 0 unspecified atom stereocenters. The summed E-state index contributed by atoms with van der Waals surface area (Å²) < 4.78 is 4.69. The Labute approximate surface area is 138 Å². The van der Waals surface area contributed by atoms with Gasteiger partial charge in [-0.25, -0.2) is 4.79 Å². The van der Waals surface area contributed by atoms with Crippen LogP contribution in [0.2, 0.25) is 0 Å². The number of hydrogen-bond donors (Lipinski definition) is 2. The predicted octanol–water partition coefficient (Wildman–Crippen LogP) is 3.62. The average Bonchev–Trinajstić information content (AvgIpc) is 3.13. The van der Waals surface area contributed by atoms with Crippen LogP contribution >= 0.6 is 0 Å². The van der Waals surface area contributed by atoms with Gasteiger partial charge >= 0.3 is 5.97 Å². The number of rotatable bonds is 3. The van der Waals surface area contributed by atoms with E-state index in [-0.39, 0.29) is 11.3 Å². The van der Waals surface area contributed by atoms with E-state index < -0.39 is 11.9 Å². The molecule has 0 bridgehead atoms. The van der Waals surface area contributed by atoms with Crippen LogP contribution in [0.15, 0.2) is 71.4 Å². The zero-order valence-electron chi connectivity index (χ0n) is 13.0. The number of carboxylic acids is 1. The Morgan fingerprint density at radius 3 is 2.17 bits per heavy atom. The van der Waals surface area contributed by atoms with Crippen molar-refractivity contribution in [1.82, 2.24) is 5.16 Å². The minimum Gasteiger partial charge on any atom is -0.478 e. The Bertz CT molecular complexity index is 772. The maximum Gasteiger partial charge on any atom is 0.336 e. The smallest absolute Gasteiger partial charge is 0.336 e. The molecule has 6 nitrogen and oxygen atoms in total. The van der Waals surface area contributed by atoms with E-state index in [0.29, 0.717) is 11.3 Å². The second-order valence-corrected chi connectivity index (χ2v) is 4.82. The van der Waals surface area contributed by atoms with E-state index in [4.69, 9.17) is 9.63 Å². The number of carbonyl (C=O) groups is 2. The highest BCUT2D eigenvalue weighted by Gasteiger charge is 2.12. The molecule has 6 heteroatoms. The maximum atomic E-state index is 11.6. The summed E-state index contributed by atoms with van der Waals surface area (Å²) in [4.78, 5) is 22.6. The number of amides is 1. The van der Waals surface area contributed by atoms with Gasteiger partial charge in [0, 0.05) is 11.8 Å². The molecule has 3 aromatic rings. The normalized spacial score (nSPS) is 9.54. The number of benzene rings is 2. The van der Waals surface area contributed by atoms with Crippen molar-refractivity contribution in [3.8, 4) is 0 Å². The molecule has 1 aromatic heterocycles. The highest BCUT2D eigenvalue weighted by atomic mass is 16.5. The molecule has 0 aliphatic rings. The number of aromatic carboxylic acids is 1. The van der Waals surface area contributed by atoms with Crippen molar-refractivity contribution in [3.05, 3.63) is 83.7 Å². The molecule has 0 fully saturated rings. The molecule has 24 heavy (non-hydrogen) atoms. The lowest BCUT2D eigenvalue weighted by molar-refractivity contribution is 0.0695. The standard InChI is InChI=1S/C12H10N2O4.C6H6/c1-7-2-3-8(6-9(7)12(16)17)14-11(15)10-4-5-13-18-10;1-2-4-6-5-3-1/h2-6H,1H3,(H,14,15)(H,16,17);1-6H. The molecule has 0 atom stereocenters. The average molecular weight is 324 g/mol. The number of aromatic nitrogens is 1. The van der Waals surface area contributed by atoms with Gasteiger partial charge in [0.1, 0.15) is 0 Å². The monoisotopic (exact) mass is 324 g/mol. The number of carbonyl (C=O) groups excluding carboxylic acids is 1. The molecule has 122 valence electrons. The first-order valence-corrected chi connectivity index (χ1v) is 7.14. The van der Waals surface area contributed by atoms with Gasteiger partial charge in [-0.3, -0.25) is 4.79 Å². The minimum atomic E-state index is -1.04. The summed E-state index contributed by atoms with van der Waals surface area (Å²) in [6, 6.07) is 18.1. The van der Waals surface area contributed by atoms with E-state index in [2.05, 4.69) is 10.5 Å². The molecular weight excluding hydrogens is 308 g/mol. The summed E-state index contributed by atoms with van der Waals surface area (Å²) in [6.45, 7) is 1.69. The fourth-order valence-corrected chi connectivity index (χ4v) is 1.84. The first-order valence-electron chi connectivity index (χ1n) is 7.14. The van der Waals surface area contributed by atoms with Crippen molar-refractivity contribution < 1.29 is 19.2 Å². The second-order valence-electron chi connectivity index (χ2n) is 4.82. The van der Waals surface area contributed by atoms with Crippen LogP contribution in [-0.4, -0.2) is 22.1 Å². The predicted molar refractivity (Wildman–Crippen MR) is 89.0 cm³/mol. The van der Waals surface area contributed by atoms with Gasteiger partial charge in [0.15, 0.2) is 0 Å². The molecule has 0 saturated heterocycles. The summed E-state index contributed by atoms with van der Waals surface area (Å²) in [5.74, 6) is -1.46. The summed E-state index contributed by atoms with van der Waals surface area (Å²) >= 11 is 0. The van der Waals surface area contributed by atoms with E-state index >= 15 is 0 Å². The highest BCUT2D eigenvalue weighted by molar-refractivity contribution is 6.02. The maximum absolute atomic E-state index is 11.6. The van der Waals surface area contributed by atoms with Gasteiger partial charge in [-0.2, -0.15) is 0 Å². The first-order chi connectivity index (χ1) is 11.6. The largest absolute Gasteiger partial charge is 0.478 e. The second kappa shape index (κ2) is 8.28. The summed E-state index contributed by atoms with van der Waals surface area (Å²) in [6.07, 6.45) is 1.35. The first kappa shape index (κ1) is 17.0. The summed E-state index contributed by atoms with van der Waals surface area (Å²) in [7, 11) is 0. The topological polar surface area (TPSA) is 92.4 Å². The van der Waals surface area contributed by atoms with E-state index in [9.17, 15) is 9.59 Å². The summed E-state index contributed by atoms with van der Waals surface area (Å²) in [5.41, 5.74) is 1.16. The number of carboxylic acid groups (broad SMARTS) is 1. The van der Waals surface area contributed by atoms with Crippen molar-refractivity contribution in [2.24, 2.45) is 0 Å². The molecule has 2 N–H and O–H groups in total. The molecule has 2 aromatic carbocycles. The third kappa shape index (κ3) is 4.81. The third-order valence-corrected chi connectivity index (χ3v) is 3.05. The van der Waals surface area contributed by atoms with Crippen molar-refractivity contribution >= 4 is 17.6 Å². The van der Waals surface area contributed by atoms with Gasteiger partial charge in [-0.1, -0.05) is 47.6 Å². The molecular formula is C18H16N2O4. The van der Waals surface area contributed by atoms with E-state index in [0.717, 1.165) is 0 Å².